The number of aryl methyl sites for hydroxylation is 2. The van der Waals surface area contributed by atoms with Crippen LogP contribution in [0.25, 0.3) is 22.4 Å². The highest BCUT2D eigenvalue weighted by molar-refractivity contribution is 8.03. The molecule has 4 aromatic rings. The van der Waals surface area contributed by atoms with Crippen LogP contribution in [0, 0.1) is 6.92 Å². The molecule has 2 aromatic heterocycles. The van der Waals surface area contributed by atoms with Crippen molar-refractivity contribution in [2.24, 2.45) is 0 Å². The first-order valence-corrected chi connectivity index (χ1v) is 13.5. The van der Waals surface area contributed by atoms with Crippen molar-refractivity contribution in [3.05, 3.63) is 83.7 Å². The van der Waals surface area contributed by atoms with E-state index in [1.165, 1.54) is 31.4 Å². The van der Waals surface area contributed by atoms with E-state index < -0.39 is 0 Å². The average Bonchev–Trinajstić information content (AvgIpc) is 3.43. The van der Waals surface area contributed by atoms with Gasteiger partial charge in [0, 0.05) is 24.6 Å². The van der Waals surface area contributed by atoms with Gasteiger partial charge in [0.25, 0.3) is 10.6 Å². The second kappa shape index (κ2) is 10.4. The number of halogens is 1. The first-order chi connectivity index (χ1) is 16.0. The summed E-state index contributed by atoms with van der Waals surface area (Å²) < 4.78 is 7.22. The predicted molar refractivity (Wildman–Crippen MR) is 143 cm³/mol. The van der Waals surface area contributed by atoms with E-state index in [0.29, 0.717) is 6.54 Å². The Bertz CT molecular complexity index is 1580. The lowest BCUT2D eigenvalue weighted by molar-refractivity contribution is -0.665. The van der Waals surface area contributed by atoms with Crippen LogP contribution in [0.2, 0.25) is 0 Å². The zero-order chi connectivity index (χ0) is 23.1. The number of hydrogen-bond donors (Lipinski definition) is 0. The van der Waals surface area contributed by atoms with E-state index in [0.717, 1.165) is 20.8 Å². The lowest BCUT2D eigenvalue weighted by Gasteiger charge is -2.13. The number of benzene rings is 2. The average molecular weight is 620 g/mol. The topological polar surface area (TPSA) is 29.1 Å². The highest BCUT2D eigenvalue weighted by atomic mass is 127. The highest BCUT2D eigenvalue weighted by Crippen LogP contribution is 2.45. The number of aromatic nitrogens is 2. The van der Waals surface area contributed by atoms with E-state index in [2.05, 4.69) is 85.0 Å². The van der Waals surface area contributed by atoms with Crippen LogP contribution in [0.3, 0.4) is 0 Å². The van der Waals surface area contributed by atoms with Crippen molar-refractivity contribution < 1.29 is 28.5 Å². The maximum atomic E-state index is 13.2. The summed E-state index contributed by atoms with van der Waals surface area (Å²) in [5, 5.41) is 2.30. The Balaban J connectivity index is 0.00000274. The molecule has 2 aromatic carbocycles. The molecule has 0 radical (unpaired) electrons. The molecule has 0 fully saturated rings. The Morgan fingerprint density at radius 2 is 1.85 bits per heavy atom. The van der Waals surface area contributed by atoms with Gasteiger partial charge in [-0.25, -0.2) is 0 Å². The summed E-state index contributed by atoms with van der Waals surface area (Å²) in [5.41, 5.74) is 3.79. The summed E-state index contributed by atoms with van der Waals surface area (Å²) >= 11 is 5.09. The summed E-state index contributed by atoms with van der Waals surface area (Å²) in [5.74, 6) is 0. The number of fused-ring (bicyclic) bond motifs is 2. The van der Waals surface area contributed by atoms with Gasteiger partial charge in [0.1, 0.15) is 15.9 Å². The van der Waals surface area contributed by atoms with Gasteiger partial charge >= 0.3 is 0 Å². The van der Waals surface area contributed by atoms with Crippen molar-refractivity contribution in [2.45, 2.75) is 38.8 Å². The Kier molecular flexibility index (Phi) is 7.71. The van der Waals surface area contributed by atoms with Gasteiger partial charge in [-0.3, -0.25) is 9.36 Å². The van der Waals surface area contributed by atoms with Crippen LogP contribution in [0.4, 0.5) is 5.69 Å². The van der Waals surface area contributed by atoms with Gasteiger partial charge < -0.3 is 28.9 Å². The monoisotopic (exact) mass is 619 g/mol. The second-order valence-corrected chi connectivity index (χ2v) is 11.1. The first-order valence-electron chi connectivity index (χ1n) is 11.1. The number of nitrogens with zero attached hydrogens (tertiary/aromatic N) is 3. The Morgan fingerprint density at radius 1 is 1.06 bits per heavy atom. The van der Waals surface area contributed by atoms with Crippen molar-refractivity contribution >= 4 is 62.5 Å². The van der Waals surface area contributed by atoms with Crippen molar-refractivity contribution in [1.82, 2.24) is 4.57 Å². The fourth-order valence-corrected chi connectivity index (χ4v) is 7.44. The molecule has 0 aliphatic carbocycles. The fourth-order valence-electron chi connectivity index (χ4n) is 4.12. The third kappa shape index (κ3) is 4.53. The summed E-state index contributed by atoms with van der Waals surface area (Å²) in [6.07, 6.45) is 6.22. The second-order valence-electron chi connectivity index (χ2n) is 7.95. The van der Waals surface area contributed by atoms with Crippen molar-refractivity contribution in [3.8, 4) is 0 Å². The van der Waals surface area contributed by atoms with E-state index in [1.807, 2.05) is 17.6 Å². The van der Waals surface area contributed by atoms with Crippen LogP contribution in [0.5, 0.6) is 0 Å². The van der Waals surface area contributed by atoms with Gasteiger partial charge in [0.15, 0.2) is 0 Å². The normalized spacial score (nSPS) is 15.4. The predicted octanol–water partition coefficient (Wildman–Crippen LogP) is 1.46. The first kappa shape index (κ1) is 25.2. The third-order valence-corrected chi connectivity index (χ3v) is 9.23. The Labute approximate surface area is 228 Å². The molecule has 0 saturated carbocycles. The molecule has 0 N–H and O–H groups in total. The largest absolute Gasteiger partial charge is 1.00 e. The fraction of sp³-hybridized carbons (Fsp3) is 0.231. The van der Waals surface area contributed by atoms with Gasteiger partial charge in [0.05, 0.1) is 21.3 Å². The van der Waals surface area contributed by atoms with Gasteiger partial charge in [-0.05, 0) is 56.7 Å². The van der Waals surface area contributed by atoms with E-state index in [-0.39, 0.29) is 29.5 Å². The van der Waals surface area contributed by atoms with Crippen LogP contribution >= 0.6 is 34.4 Å². The summed E-state index contributed by atoms with van der Waals surface area (Å²) in [7, 11) is 2.08. The molecular weight excluding hydrogens is 593 g/mol. The third-order valence-electron chi connectivity index (χ3n) is 5.85. The van der Waals surface area contributed by atoms with Crippen molar-refractivity contribution in [3.63, 3.8) is 0 Å². The Hall–Kier alpha value is -1.88. The molecule has 4 nitrogen and oxygen atoms in total. The number of thiazole rings is 2. The maximum Gasteiger partial charge on any atom is 0.269 e. The smallest absolute Gasteiger partial charge is 0.269 e. The van der Waals surface area contributed by atoms with E-state index in [1.54, 1.807) is 34.4 Å². The van der Waals surface area contributed by atoms with Crippen molar-refractivity contribution in [2.75, 3.05) is 11.9 Å². The van der Waals surface area contributed by atoms with E-state index >= 15 is 0 Å². The van der Waals surface area contributed by atoms with Crippen molar-refractivity contribution in [1.29, 1.82) is 0 Å². The number of rotatable bonds is 4. The molecule has 5 rings (SSSR count). The molecule has 8 heteroatoms. The number of anilines is 1. The molecule has 0 spiro atoms. The molecule has 0 amide bonds. The Morgan fingerprint density at radius 3 is 2.62 bits per heavy atom. The summed E-state index contributed by atoms with van der Waals surface area (Å²) in [6.45, 7) is 7.86. The van der Waals surface area contributed by atoms with Crippen LogP contribution in [0.15, 0.2) is 63.3 Å². The number of hydrogen-bond acceptors (Lipinski definition) is 5. The molecule has 0 bridgehead atoms. The summed E-state index contributed by atoms with van der Waals surface area (Å²) in [4.78, 5) is 16.6. The molecular formula is C26H26IN3OS3. The van der Waals surface area contributed by atoms with Gasteiger partial charge in [0.2, 0.25) is 5.52 Å². The molecule has 0 unspecified atom stereocenters. The van der Waals surface area contributed by atoms with Crippen LogP contribution in [-0.2, 0) is 13.1 Å². The molecule has 0 atom stereocenters. The lowest BCUT2D eigenvalue weighted by Crippen LogP contribution is -3.00. The van der Waals surface area contributed by atoms with Crippen LogP contribution in [0.1, 0.15) is 24.4 Å². The minimum absolute atomic E-state index is 0. The van der Waals surface area contributed by atoms with Gasteiger partial charge in [-0.15, -0.1) is 11.3 Å². The zero-order valence-corrected chi connectivity index (χ0v) is 24.1. The number of allylic oxidation sites excluding steroid dienone is 1. The molecule has 1 aliphatic heterocycles. The van der Waals surface area contributed by atoms with Crippen LogP contribution < -0.4 is 48.2 Å². The quantitative estimate of drug-likeness (QED) is 0.256. The van der Waals surface area contributed by atoms with Crippen LogP contribution in [-0.4, -0.2) is 11.6 Å². The lowest BCUT2D eigenvalue weighted by atomic mass is 10.2. The van der Waals surface area contributed by atoms with E-state index in [9.17, 15) is 4.79 Å². The molecule has 34 heavy (non-hydrogen) atoms. The van der Waals surface area contributed by atoms with Gasteiger partial charge in [-0.2, -0.15) is 4.57 Å². The molecule has 176 valence electrons. The summed E-state index contributed by atoms with van der Waals surface area (Å²) in [6, 6.07) is 15.0. The SMILES string of the molecule is CCn1c(=Cc2sc3ccccc3[n+]2CC)sc(=CC=C2Sc3ccc(C)cc3N2C)c1=O.[I-]. The highest BCUT2D eigenvalue weighted by Gasteiger charge is 2.21. The molecule has 0 saturated heterocycles. The standard InChI is InChI=1S/C26H26N3OS3.HI/c1-5-28-18-9-7-8-10-20(18)32-24(28)16-25-29(6-2)26(30)22(33-25)13-14-23-27(4)19-15-17(3)11-12-21(19)31-23;/h7-16H,5-6H2,1-4H3;1H/q+1;/p-1. The zero-order valence-electron chi connectivity index (χ0n) is 19.5. The minimum Gasteiger partial charge on any atom is -1.00 e. The van der Waals surface area contributed by atoms with Gasteiger partial charge in [-0.1, -0.05) is 41.3 Å². The number of thioether (sulfide) groups is 1. The minimum atomic E-state index is 0. The molecule has 1 aliphatic rings. The maximum absolute atomic E-state index is 13.2. The molecule has 3 heterocycles. The van der Waals surface area contributed by atoms with E-state index in [4.69, 9.17) is 0 Å². The number of para-hydroxylation sites is 1.